The van der Waals surface area contributed by atoms with Gasteiger partial charge < -0.3 is 13.9 Å². The summed E-state index contributed by atoms with van der Waals surface area (Å²) in [5.74, 6) is -2.02. The Morgan fingerprint density at radius 3 is 1.43 bits per heavy atom. The number of nitrogens with zero attached hydrogens (tertiary/aromatic N) is 8. The number of aromatic nitrogens is 8. The standard InChI is InChI=1S/C63H38F2N8O/c1-37-33-58(72-52-26-11-6-19-43(52)44-30-29-38(34-55(44)72)74-57-35-56(60(64)69-61(57)65)73-62-45(20-13-31-66-62)46-21-14-32-67-63(46)73)68-36-47(37)59-53(70-48-22-7-2-15-39(48)40-16-3-8-23-49(40)70)27-12-28-54(59)71-50-24-9-4-17-41(50)42-18-5-10-25-51(42)71/h2-36H,1H3/i1D3. The molecule has 9 nitrogen and oxygen atoms in total. The van der Waals surface area contributed by atoms with Crippen molar-refractivity contribution in [1.82, 2.24) is 38.2 Å². The van der Waals surface area contributed by atoms with Crippen LogP contribution in [0.3, 0.4) is 0 Å². The summed E-state index contributed by atoms with van der Waals surface area (Å²) in [6.07, 6.45) is 4.87. The monoisotopic (exact) mass is 963 g/mol. The van der Waals surface area contributed by atoms with E-state index in [1.807, 2.05) is 102 Å². The van der Waals surface area contributed by atoms with Gasteiger partial charge in [-0.25, -0.2) is 15.0 Å². The molecule has 0 saturated carbocycles. The van der Waals surface area contributed by atoms with Crippen LogP contribution in [0.2, 0.25) is 0 Å². The smallest absolute Gasteiger partial charge is 0.258 e. The van der Waals surface area contributed by atoms with Crippen LogP contribution in [0.25, 0.3) is 121 Å². The van der Waals surface area contributed by atoms with Crippen LogP contribution < -0.4 is 4.74 Å². The fourth-order valence-electron chi connectivity index (χ4n) is 11.3. The lowest BCUT2D eigenvalue weighted by Crippen LogP contribution is -2.06. The number of ether oxygens (including phenoxy) is 1. The van der Waals surface area contributed by atoms with Gasteiger partial charge in [-0.05, 0) is 97.3 Å². The van der Waals surface area contributed by atoms with Crippen molar-refractivity contribution in [3.8, 4) is 45.5 Å². The second kappa shape index (κ2) is 16.0. The Hall–Kier alpha value is -10.0. The highest BCUT2D eigenvalue weighted by molar-refractivity contribution is 6.13. The van der Waals surface area contributed by atoms with E-state index >= 15 is 8.78 Å². The van der Waals surface area contributed by atoms with E-state index in [1.54, 1.807) is 48.9 Å². The lowest BCUT2D eigenvalue weighted by molar-refractivity contribution is 0.414. The number of aryl methyl sites for hydroxylation is 1. The van der Waals surface area contributed by atoms with E-state index in [0.717, 1.165) is 82.0 Å². The minimum absolute atomic E-state index is 0.0806. The Balaban J connectivity index is 0.944. The van der Waals surface area contributed by atoms with Gasteiger partial charge in [0.2, 0.25) is 5.95 Å². The zero-order valence-electron chi connectivity index (χ0n) is 41.9. The molecule has 0 aliphatic rings. The van der Waals surface area contributed by atoms with E-state index in [9.17, 15) is 4.11 Å². The summed E-state index contributed by atoms with van der Waals surface area (Å²) in [6, 6.07) is 62.5. The highest BCUT2D eigenvalue weighted by Gasteiger charge is 2.25. The first-order chi connectivity index (χ1) is 37.7. The Morgan fingerprint density at radius 1 is 0.419 bits per heavy atom. The molecule has 0 amide bonds. The van der Waals surface area contributed by atoms with Crippen LogP contribution in [0.5, 0.6) is 11.5 Å². The number of fused-ring (bicyclic) bond motifs is 12. The molecule has 0 saturated heterocycles. The Labute approximate surface area is 424 Å². The second-order valence-electron chi connectivity index (χ2n) is 18.3. The maximum absolute atomic E-state index is 15.9. The predicted molar refractivity (Wildman–Crippen MR) is 292 cm³/mol. The van der Waals surface area contributed by atoms with Gasteiger partial charge in [-0.2, -0.15) is 13.8 Å². The fourth-order valence-corrected chi connectivity index (χ4v) is 11.3. The first-order valence-corrected chi connectivity index (χ1v) is 24.1. The van der Waals surface area contributed by atoms with E-state index in [1.165, 1.54) is 10.6 Å². The van der Waals surface area contributed by atoms with Crippen molar-refractivity contribution in [3.63, 3.8) is 0 Å². The van der Waals surface area contributed by atoms with E-state index in [0.29, 0.717) is 33.8 Å². The van der Waals surface area contributed by atoms with Crippen LogP contribution in [0.4, 0.5) is 8.78 Å². The minimum Gasteiger partial charge on any atom is -0.452 e. The fraction of sp³-hybridized carbons (Fsp3) is 0.0159. The zero-order valence-corrected chi connectivity index (χ0v) is 38.9. The van der Waals surface area contributed by atoms with Crippen molar-refractivity contribution in [2.24, 2.45) is 0 Å². The quantitative estimate of drug-likeness (QED) is 0.149. The maximum atomic E-state index is 15.9. The molecule has 8 heterocycles. The van der Waals surface area contributed by atoms with Crippen LogP contribution in [0.1, 0.15) is 9.68 Å². The van der Waals surface area contributed by atoms with Gasteiger partial charge in [0.25, 0.3) is 5.95 Å². The van der Waals surface area contributed by atoms with Crippen LogP contribution >= 0.6 is 0 Å². The molecule has 350 valence electrons. The van der Waals surface area contributed by atoms with Gasteiger partial charge in [-0.1, -0.05) is 97.1 Å². The third kappa shape index (κ3) is 6.07. The van der Waals surface area contributed by atoms with Crippen LogP contribution in [0, 0.1) is 18.7 Å². The molecule has 0 bridgehead atoms. The number of pyridine rings is 4. The van der Waals surface area contributed by atoms with Crippen molar-refractivity contribution in [1.29, 1.82) is 0 Å². The molecule has 0 N–H and O–H groups in total. The lowest BCUT2D eigenvalue weighted by atomic mass is 9.98. The predicted octanol–water partition coefficient (Wildman–Crippen LogP) is 15.7. The Kier molecular flexibility index (Phi) is 8.37. The van der Waals surface area contributed by atoms with Gasteiger partial charge in [0, 0.05) is 89.1 Å². The third-order valence-corrected chi connectivity index (χ3v) is 14.3. The first-order valence-electron chi connectivity index (χ1n) is 25.6. The van der Waals surface area contributed by atoms with Gasteiger partial charge >= 0.3 is 0 Å². The topological polar surface area (TPSA) is 80.5 Å². The van der Waals surface area contributed by atoms with Crippen molar-refractivity contribution >= 4 is 87.5 Å². The average Bonchev–Trinajstić information content (AvgIpc) is 4.21. The maximum Gasteiger partial charge on any atom is 0.258 e. The molecular formula is C63H38F2N8O. The Morgan fingerprint density at radius 2 is 0.905 bits per heavy atom. The second-order valence-corrected chi connectivity index (χ2v) is 18.3. The Bertz CT molecular complexity index is 4670. The molecular weight excluding hydrogens is 923 g/mol. The van der Waals surface area contributed by atoms with E-state index < -0.39 is 18.7 Å². The molecule has 0 unspecified atom stereocenters. The summed E-state index contributed by atoms with van der Waals surface area (Å²) < 4.78 is 74.1. The lowest BCUT2D eigenvalue weighted by Gasteiger charge is -2.21. The highest BCUT2D eigenvalue weighted by Crippen LogP contribution is 2.44. The summed E-state index contributed by atoms with van der Waals surface area (Å²) in [5.41, 5.74) is 8.67. The molecule has 0 spiro atoms. The molecule has 7 aromatic carbocycles. The normalized spacial score (nSPS) is 12.8. The van der Waals surface area contributed by atoms with Crippen molar-refractivity contribution in [3.05, 3.63) is 230 Å². The molecule has 8 aromatic heterocycles. The van der Waals surface area contributed by atoms with Gasteiger partial charge in [0.1, 0.15) is 28.5 Å². The molecule has 0 aliphatic carbocycles. The zero-order chi connectivity index (χ0) is 51.7. The van der Waals surface area contributed by atoms with Gasteiger partial charge in [0.15, 0.2) is 5.75 Å². The van der Waals surface area contributed by atoms with Crippen LogP contribution in [-0.2, 0) is 0 Å². The number of para-hydroxylation sites is 5. The number of rotatable bonds is 7. The van der Waals surface area contributed by atoms with E-state index in [2.05, 4.69) is 84.7 Å². The molecule has 0 fully saturated rings. The van der Waals surface area contributed by atoms with Crippen molar-refractivity contribution in [2.45, 2.75) is 6.85 Å². The van der Waals surface area contributed by atoms with Crippen molar-refractivity contribution in [2.75, 3.05) is 0 Å². The summed E-state index contributed by atoms with van der Waals surface area (Å²) in [5, 5.41) is 7.39. The third-order valence-electron chi connectivity index (χ3n) is 14.3. The molecule has 74 heavy (non-hydrogen) atoms. The summed E-state index contributed by atoms with van der Waals surface area (Å²) >= 11 is 0. The summed E-state index contributed by atoms with van der Waals surface area (Å²) in [7, 11) is 0. The number of halogens is 2. The van der Waals surface area contributed by atoms with Crippen LogP contribution in [-0.4, -0.2) is 38.2 Å². The minimum atomic E-state index is -2.65. The molecule has 0 atom stereocenters. The van der Waals surface area contributed by atoms with Gasteiger partial charge in [0.05, 0.1) is 44.5 Å². The number of hydrogen-bond acceptors (Lipinski definition) is 5. The highest BCUT2D eigenvalue weighted by atomic mass is 19.1. The SMILES string of the molecule is [2H]C([2H])([2H])c1cc(-n2c3ccccc3c3ccc(Oc4cc(-n5c6ncccc6c6cccnc65)c(F)nc4F)cc32)ncc1-c1c(-n2c3ccccc3c3ccccc32)cccc1-n1c2ccccc2c2ccccc21. The largest absolute Gasteiger partial charge is 0.452 e. The molecule has 11 heteroatoms. The average molecular weight is 964 g/mol. The molecule has 0 radical (unpaired) electrons. The van der Waals surface area contributed by atoms with E-state index in [4.69, 9.17) is 9.72 Å². The first kappa shape index (κ1) is 38.7. The van der Waals surface area contributed by atoms with Gasteiger partial charge in [-0.15, -0.1) is 0 Å². The molecule has 15 rings (SSSR count). The molecule has 15 aromatic rings. The van der Waals surface area contributed by atoms with Crippen molar-refractivity contribution < 1.29 is 17.6 Å². The number of hydrogen-bond donors (Lipinski definition) is 0. The summed E-state index contributed by atoms with van der Waals surface area (Å²) in [6.45, 7) is -2.65. The van der Waals surface area contributed by atoms with Crippen LogP contribution in [0.15, 0.2) is 213 Å². The summed E-state index contributed by atoms with van der Waals surface area (Å²) in [4.78, 5) is 18.0. The van der Waals surface area contributed by atoms with Gasteiger partial charge in [-0.3, -0.25) is 9.13 Å². The van der Waals surface area contributed by atoms with E-state index in [-0.39, 0.29) is 22.7 Å². The number of benzene rings is 7. The molecule has 0 aliphatic heterocycles.